The molecule has 8 nitrogen and oxygen atoms in total. The Labute approximate surface area is 180 Å². The van der Waals surface area contributed by atoms with Crippen LogP contribution in [0.25, 0.3) is 0 Å². The third kappa shape index (κ3) is 7.63. The van der Waals surface area contributed by atoms with Crippen LogP contribution in [0.4, 0.5) is 10.6 Å². The number of carbonyl (C=O) groups is 2. The molecule has 1 aromatic heterocycles. The summed E-state index contributed by atoms with van der Waals surface area (Å²) in [5.74, 6) is 0.416. The maximum atomic E-state index is 12.8. The molecule has 0 aromatic carbocycles. The number of carbonyl (C=O) groups excluding carboxylic acids is 2. The Balaban J connectivity index is 2.01. The van der Waals surface area contributed by atoms with Gasteiger partial charge in [0.25, 0.3) is 0 Å². The van der Waals surface area contributed by atoms with Gasteiger partial charge in [-0.2, -0.15) is 0 Å². The molecule has 0 unspecified atom stereocenters. The molecule has 0 saturated carbocycles. The third-order valence-electron chi connectivity index (χ3n) is 5.06. The largest absolute Gasteiger partial charge is 0.444 e. The van der Waals surface area contributed by atoms with E-state index in [0.717, 1.165) is 19.6 Å². The van der Waals surface area contributed by atoms with Crippen LogP contribution in [-0.2, 0) is 15.1 Å². The molecule has 0 spiro atoms. The molecule has 1 aromatic rings. The standard InChI is InChI=1S/C22H39N5O3/c1-16(2)12-17(24-20(29)30-21(3,4)5)19(28)25-18-13-27(15-23-18)22(6,7)14-26-10-8-9-11-26/h13,15-17H,8-12,14H2,1-7H3,(H,24,29)(H,25,28)/t17-/m0/s1. The van der Waals surface area contributed by atoms with Gasteiger partial charge in [-0.3, -0.25) is 4.79 Å². The average molecular weight is 422 g/mol. The van der Waals surface area contributed by atoms with Crippen molar-refractivity contribution in [2.24, 2.45) is 5.92 Å². The van der Waals surface area contributed by atoms with Crippen LogP contribution < -0.4 is 10.6 Å². The summed E-state index contributed by atoms with van der Waals surface area (Å²) < 4.78 is 7.35. The highest BCUT2D eigenvalue weighted by Gasteiger charge is 2.28. The number of hydrogen-bond donors (Lipinski definition) is 2. The van der Waals surface area contributed by atoms with Crippen molar-refractivity contribution in [1.29, 1.82) is 0 Å². The van der Waals surface area contributed by atoms with E-state index in [1.54, 1.807) is 27.1 Å². The SMILES string of the molecule is CC(C)C[C@H](NC(=O)OC(C)(C)C)C(=O)Nc1cn(C(C)(C)CN2CCCC2)cn1. The zero-order valence-corrected chi connectivity index (χ0v) is 19.6. The van der Waals surface area contributed by atoms with Gasteiger partial charge in [0.15, 0.2) is 5.82 Å². The van der Waals surface area contributed by atoms with E-state index in [1.807, 2.05) is 24.6 Å². The van der Waals surface area contributed by atoms with E-state index in [2.05, 4.69) is 34.4 Å². The van der Waals surface area contributed by atoms with Crippen LogP contribution in [0.2, 0.25) is 0 Å². The number of anilines is 1. The fourth-order valence-electron chi connectivity index (χ4n) is 3.65. The van der Waals surface area contributed by atoms with Gasteiger partial charge in [0.05, 0.1) is 11.9 Å². The summed E-state index contributed by atoms with van der Waals surface area (Å²) in [6.07, 6.45) is 6.03. The van der Waals surface area contributed by atoms with Crippen LogP contribution in [-0.4, -0.2) is 57.7 Å². The van der Waals surface area contributed by atoms with Crippen molar-refractivity contribution in [3.05, 3.63) is 12.5 Å². The molecule has 1 aliphatic heterocycles. The Morgan fingerprint density at radius 2 is 1.80 bits per heavy atom. The number of likely N-dealkylation sites (tertiary alicyclic amines) is 1. The molecule has 2 amide bonds. The molecular formula is C22H39N5O3. The maximum absolute atomic E-state index is 12.8. The molecule has 0 radical (unpaired) electrons. The second kappa shape index (κ2) is 9.81. The molecule has 1 fully saturated rings. The Kier molecular flexibility index (Phi) is 7.91. The maximum Gasteiger partial charge on any atom is 0.408 e. The molecule has 1 aliphatic rings. The zero-order chi connectivity index (χ0) is 22.5. The topological polar surface area (TPSA) is 88.5 Å². The number of hydrogen-bond acceptors (Lipinski definition) is 5. The first-order valence-corrected chi connectivity index (χ1v) is 10.9. The summed E-state index contributed by atoms with van der Waals surface area (Å²) in [7, 11) is 0. The summed E-state index contributed by atoms with van der Waals surface area (Å²) in [5.41, 5.74) is -0.755. The van der Waals surface area contributed by atoms with Crippen molar-refractivity contribution in [2.45, 2.75) is 84.9 Å². The minimum absolute atomic E-state index is 0.133. The Morgan fingerprint density at radius 3 is 2.37 bits per heavy atom. The van der Waals surface area contributed by atoms with E-state index < -0.39 is 17.7 Å². The van der Waals surface area contributed by atoms with E-state index in [1.165, 1.54) is 12.8 Å². The average Bonchev–Trinajstić information content (AvgIpc) is 3.23. The van der Waals surface area contributed by atoms with Crippen LogP contribution >= 0.6 is 0 Å². The van der Waals surface area contributed by atoms with E-state index in [4.69, 9.17) is 4.74 Å². The molecule has 1 saturated heterocycles. The highest BCUT2D eigenvalue weighted by atomic mass is 16.6. The highest BCUT2D eigenvalue weighted by Crippen LogP contribution is 2.21. The monoisotopic (exact) mass is 421 g/mol. The molecule has 8 heteroatoms. The Morgan fingerprint density at radius 1 is 1.17 bits per heavy atom. The van der Waals surface area contributed by atoms with Crippen molar-refractivity contribution in [2.75, 3.05) is 25.0 Å². The van der Waals surface area contributed by atoms with E-state index in [9.17, 15) is 9.59 Å². The van der Waals surface area contributed by atoms with Crippen LogP contribution in [0, 0.1) is 5.92 Å². The first-order chi connectivity index (χ1) is 13.9. The molecule has 1 atom stereocenters. The van der Waals surface area contributed by atoms with Crippen molar-refractivity contribution < 1.29 is 14.3 Å². The van der Waals surface area contributed by atoms with Crippen molar-refractivity contribution in [3.63, 3.8) is 0 Å². The molecule has 2 rings (SSSR count). The highest BCUT2D eigenvalue weighted by molar-refractivity contribution is 5.95. The minimum atomic E-state index is -0.692. The van der Waals surface area contributed by atoms with Crippen LogP contribution in [0.3, 0.4) is 0 Å². The summed E-state index contributed by atoms with van der Waals surface area (Å²) in [6, 6.07) is -0.692. The lowest BCUT2D eigenvalue weighted by atomic mass is 10.0. The minimum Gasteiger partial charge on any atom is -0.444 e. The number of alkyl carbamates (subject to hydrolysis) is 1. The molecule has 170 valence electrons. The first-order valence-electron chi connectivity index (χ1n) is 10.9. The van der Waals surface area contributed by atoms with Crippen molar-refractivity contribution >= 4 is 17.8 Å². The number of nitrogens with one attached hydrogen (secondary N) is 2. The quantitative estimate of drug-likeness (QED) is 0.670. The molecular weight excluding hydrogens is 382 g/mol. The molecule has 2 N–H and O–H groups in total. The van der Waals surface area contributed by atoms with E-state index in [0.29, 0.717) is 12.2 Å². The fraction of sp³-hybridized carbons (Fsp3) is 0.773. The third-order valence-corrected chi connectivity index (χ3v) is 5.06. The fourth-order valence-corrected chi connectivity index (χ4v) is 3.65. The number of imidazole rings is 1. The molecule has 0 aliphatic carbocycles. The van der Waals surface area contributed by atoms with Gasteiger partial charge >= 0.3 is 6.09 Å². The number of ether oxygens (including phenoxy) is 1. The zero-order valence-electron chi connectivity index (χ0n) is 19.6. The molecule has 30 heavy (non-hydrogen) atoms. The predicted molar refractivity (Wildman–Crippen MR) is 118 cm³/mol. The number of nitrogens with zero attached hydrogens (tertiary/aromatic N) is 3. The predicted octanol–water partition coefficient (Wildman–Crippen LogP) is 3.59. The molecule has 2 heterocycles. The first kappa shape index (κ1) is 24.2. The Hall–Kier alpha value is -2.09. The van der Waals surface area contributed by atoms with Gasteiger partial charge in [0.2, 0.25) is 5.91 Å². The van der Waals surface area contributed by atoms with Gasteiger partial charge < -0.3 is 24.8 Å². The second-order valence-corrected chi connectivity index (χ2v) is 10.3. The van der Waals surface area contributed by atoms with Crippen molar-refractivity contribution in [3.8, 4) is 0 Å². The summed E-state index contributed by atoms with van der Waals surface area (Å²) >= 11 is 0. The van der Waals surface area contributed by atoms with Gasteiger partial charge in [-0.05, 0) is 72.9 Å². The van der Waals surface area contributed by atoms with Crippen molar-refractivity contribution in [1.82, 2.24) is 19.8 Å². The van der Waals surface area contributed by atoms with E-state index in [-0.39, 0.29) is 17.4 Å². The van der Waals surface area contributed by atoms with Crippen LogP contribution in [0.15, 0.2) is 12.5 Å². The van der Waals surface area contributed by atoms with Gasteiger partial charge in [-0.25, -0.2) is 9.78 Å². The lowest BCUT2D eigenvalue weighted by Gasteiger charge is -2.31. The van der Waals surface area contributed by atoms with Crippen LogP contribution in [0.5, 0.6) is 0 Å². The van der Waals surface area contributed by atoms with E-state index >= 15 is 0 Å². The lowest BCUT2D eigenvalue weighted by Crippen LogP contribution is -2.46. The number of rotatable bonds is 8. The lowest BCUT2D eigenvalue weighted by molar-refractivity contribution is -0.118. The van der Waals surface area contributed by atoms with Gasteiger partial charge in [-0.15, -0.1) is 0 Å². The van der Waals surface area contributed by atoms with Gasteiger partial charge in [0.1, 0.15) is 11.6 Å². The van der Waals surface area contributed by atoms with Gasteiger partial charge in [-0.1, -0.05) is 13.8 Å². The number of aromatic nitrogens is 2. The Bertz CT molecular complexity index is 715. The summed E-state index contributed by atoms with van der Waals surface area (Å²) in [5, 5.41) is 5.54. The summed E-state index contributed by atoms with van der Waals surface area (Å²) in [6.45, 7) is 16.9. The second-order valence-electron chi connectivity index (χ2n) is 10.3. The summed E-state index contributed by atoms with van der Waals surface area (Å²) in [4.78, 5) is 31.8. The molecule has 0 bridgehead atoms. The smallest absolute Gasteiger partial charge is 0.408 e. The van der Waals surface area contributed by atoms with Crippen LogP contribution in [0.1, 0.15) is 67.7 Å². The van der Waals surface area contributed by atoms with Gasteiger partial charge in [0, 0.05) is 12.7 Å². The number of amides is 2. The normalized spacial score (nSPS) is 16.5.